The molecule has 2 atom stereocenters. The van der Waals surface area contributed by atoms with Crippen LogP contribution in [0.2, 0.25) is 0 Å². The lowest BCUT2D eigenvalue weighted by Gasteiger charge is -2.16. The number of amides is 1. The molecule has 0 radical (unpaired) electrons. The van der Waals surface area contributed by atoms with Crippen LogP contribution < -0.4 is 5.32 Å². The molecule has 6 heteroatoms. The van der Waals surface area contributed by atoms with Crippen molar-refractivity contribution in [3.05, 3.63) is 41.8 Å². The van der Waals surface area contributed by atoms with Crippen molar-refractivity contribution in [1.82, 2.24) is 15.5 Å². The number of hydrogen-bond donors (Lipinski definition) is 2. The highest BCUT2D eigenvalue weighted by Gasteiger charge is 2.20. The van der Waals surface area contributed by atoms with Gasteiger partial charge in [0.15, 0.2) is 0 Å². The number of aromatic nitrogens is 2. The minimum absolute atomic E-state index is 0.0186. The molecule has 1 fully saturated rings. The van der Waals surface area contributed by atoms with Gasteiger partial charge in [0.25, 0.3) is 5.91 Å². The van der Waals surface area contributed by atoms with Crippen LogP contribution in [-0.2, 0) is 4.74 Å². The third kappa shape index (κ3) is 3.82. The van der Waals surface area contributed by atoms with Crippen molar-refractivity contribution >= 4 is 5.91 Å². The molecule has 24 heavy (non-hydrogen) atoms. The Hall–Kier alpha value is -2.21. The molecule has 5 nitrogen and oxygen atoms in total. The summed E-state index contributed by atoms with van der Waals surface area (Å²) in [5.41, 5.74) is 1.09. The number of rotatable bonds is 6. The summed E-state index contributed by atoms with van der Waals surface area (Å²) in [4.78, 5) is 12.5. The molecule has 1 saturated heterocycles. The predicted molar refractivity (Wildman–Crippen MR) is 89.1 cm³/mol. The van der Waals surface area contributed by atoms with E-state index in [1.807, 2.05) is 6.92 Å². The van der Waals surface area contributed by atoms with Crippen molar-refractivity contribution < 1.29 is 13.9 Å². The van der Waals surface area contributed by atoms with Crippen LogP contribution >= 0.6 is 0 Å². The molecular weight excluding hydrogens is 309 g/mol. The predicted octanol–water partition coefficient (Wildman–Crippen LogP) is 3.29. The van der Waals surface area contributed by atoms with E-state index in [2.05, 4.69) is 15.5 Å². The molecule has 1 amide bonds. The number of halogens is 1. The SMILES string of the molecule is C[C@H](CC[C@H]1CCCO1)NC(=O)c1cn[nH]c1-c1ccccc1F. The zero-order valence-corrected chi connectivity index (χ0v) is 13.7. The van der Waals surface area contributed by atoms with Gasteiger partial charge < -0.3 is 10.1 Å². The van der Waals surface area contributed by atoms with E-state index in [-0.39, 0.29) is 17.8 Å². The fraction of sp³-hybridized carbons (Fsp3) is 0.444. The lowest BCUT2D eigenvalue weighted by atomic mass is 10.1. The Morgan fingerprint density at radius 2 is 2.33 bits per heavy atom. The summed E-state index contributed by atoms with van der Waals surface area (Å²) in [7, 11) is 0. The van der Waals surface area contributed by atoms with Crippen LogP contribution in [0.5, 0.6) is 0 Å². The van der Waals surface area contributed by atoms with Gasteiger partial charge in [0, 0.05) is 18.2 Å². The number of nitrogens with one attached hydrogen (secondary N) is 2. The summed E-state index contributed by atoms with van der Waals surface area (Å²) in [5, 5.41) is 9.59. The molecule has 128 valence electrons. The van der Waals surface area contributed by atoms with Gasteiger partial charge in [-0.1, -0.05) is 12.1 Å². The van der Waals surface area contributed by atoms with Crippen LogP contribution in [0.1, 0.15) is 43.0 Å². The van der Waals surface area contributed by atoms with Crippen molar-refractivity contribution in [2.75, 3.05) is 6.61 Å². The zero-order chi connectivity index (χ0) is 16.9. The molecule has 0 spiro atoms. The van der Waals surface area contributed by atoms with Gasteiger partial charge in [-0.2, -0.15) is 5.10 Å². The second kappa shape index (κ2) is 7.57. The van der Waals surface area contributed by atoms with E-state index < -0.39 is 0 Å². The van der Waals surface area contributed by atoms with Gasteiger partial charge in [0.2, 0.25) is 0 Å². The third-order valence-corrected chi connectivity index (χ3v) is 4.35. The normalized spacial score (nSPS) is 18.5. The molecule has 2 aromatic rings. The average molecular weight is 331 g/mol. The monoisotopic (exact) mass is 331 g/mol. The van der Waals surface area contributed by atoms with E-state index in [4.69, 9.17) is 4.74 Å². The second-order valence-electron chi connectivity index (χ2n) is 6.23. The molecule has 1 aromatic heterocycles. The Kier molecular flexibility index (Phi) is 5.25. The molecule has 0 bridgehead atoms. The zero-order valence-electron chi connectivity index (χ0n) is 13.7. The van der Waals surface area contributed by atoms with E-state index in [0.29, 0.717) is 22.9 Å². The first-order valence-electron chi connectivity index (χ1n) is 8.36. The first kappa shape index (κ1) is 16.6. The number of ether oxygens (including phenoxy) is 1. The number of H-pyrrole nitrogens is 1. The Labute approximate surface area is 140 Å². The Balaban J connectivity index is 1.63. The van der Waals surface area contributed by atoms with Crippen molar-refractivity contribution in [1.29, 1.82) is 0 Å². The van der Waals surface area contributed by atoms with Gasteiger partial charge in [0.05, 0.1) is 23.6 Å². The lowest BCUT2D eigenvalue weighted by Crippen LogP contribution is -2.33. The number of benzene rings is 1. The summed E-state index contributed by atoms with van der Waals surface area (Å²) in [6, 6.07) is 6.35. The topological polar surface area (TPSA) is 67.0 Å². The van der Waals surface area contributed by atoms with Crippen LogP contribution in [0.15, 0.2) is 30.5 Å². The summed E-state index contributed by atoms with van der Waals surface area (Å²) in [5.74, 6) is -0.635. The summed E-state index contributed by atoms with van der Waals surface area (Å²) in [6.07, 6.45) is 5.75. The van der Waals surface area contributed by atoms with Gasteiger partial charge in [-0.05, 0) is 44.7 Å². The minimum atomic E-state index is -0.387. The highest BCUT2D eigenvalue weighted by atomic mass is 19.1. The molecule has 0 unspecified atom stereocenters. The molecule has 2 N–H and O–H groups in total. The number of carbonyl (C=O) groups is 1. The first-order chi connectivity index (χ1) is 11.6. The van der Waals surface area contributed by atoms with E-state index in [0.717, 1.165) is 32.3 Å². The molecular formula is C18H22FN3O2. The van der Waals surface area contributed by atoms with Crippen LogP contribution in [0, 0.1) is 5.82 Å². The van der Waals surface area contributed by atoms with Crippen molar-refractivity contribution in [2.24, 2.45) is 0 Å². The Morgan fingerprint density at radius 3 is 3.08 bits per heavy atom. The van der Waals surface area contributed by atoms with Gasteiger partial charge >= 0.3 is 0 Å². The van der Waals surface area contributed by atoms with Gasteiger partial charge in [0.1, 0.15) is 5.82 Å². The quantitative estimate of drug-likeness (QED) is 0.853. The standard InChI is InChI=1S/C18H22FN3O2/c1-12(8-9-13-5-4-10-24-13)21-18(23)15-11-20-22-17(15)14-6-2-3-7-16(14)19/h2-3,6-7,11-13H,4-5,8-10H2,1H3,(H,20,22)(H,21,23)/t12-,13-/m1/s1. The van der Waals surface area contributed by atoms with E-state index in [9.17, 15) is 9.18 Å². The Morgan fingerprint density at radius 1 is 1.50 bits per heavy atom. The maximum atomic E-state index is 14.0. The maximum absolute atomic E-state index is 14.0. The van der Waals surface area contributed by atoms with Crippen LogP contribution in [0.3, 0.4) is 0 Å². The van der Waals surface area contributed by atoms with Gasteiger partial charge in [-0.3, -0.25) is 9.89 Å². The Bertz CT molecular complexity index is 695. The number of aromatic amines is 1. The highest BCUT2D eigenvalue weighted by Crippen LogP contribution is 2.24. The molecule has 1 aliphatic rings. The molecule has 2 heterocycles. The molecule has 1 aromatic carbocycles. The minimum Gasteiger partial charge on any atom is -0.378 e. The highest BCUT2D eigenvalue weighted by molar-refractivity contribution is 5.99. The van der Waals surface area contributed by atoms with Crippen LogP contribution in [-0.4, -0.2) is 34.9 Å². The van der Waals surface area contributed by atoms with Gasteiger partial charge in [-0.15, -0.1) is 0 Å². The molecule has 0 aliphatic carbocycles. The van der Waals surface area contributed by atoms with Crippen molar-refractivity contribution in [3.8, 4) is 11.3 Å². The molecule has 3 rings (SSSR count). The lowest BCUT2D eigenvalue weighted by molar-refractivity contribution is 0.0900. The summed E-state index contributed by atoms with van der Waals surface area (Å²) in [6.45, 7) is 2.81. The van der Waals surface area contributed by atoms with Gasteiger partial charge in [-0.25, -0.2) is 4.39 Å². The fourth-order valence-electron chi connectivity index (χ4n) is 3.01. The maximum Gasteiger partial charge on any atom is 0.255 e. The van der Waals surface area contributed by atoms with Crippen LogP contribution in [0.4, 0.5) is 4.39 Å². The number of hydrogen-bond acceptors (Lipinski definition) is 3. The largest absolute Gasteiger partial charge is 0.378 e. The third-order valence-electron chi connectivity index (χ3n) is 4.35. The van der Waals surface area contributed by atoms with Crippen molar-refractivity contribution in [3.63, 3.8) is 0 Å². The second-order valence-corrected chi connectivity index (χ2v) is 6.23. The van der Waals surface area contributed by atoms with E-state index in [1.54, 1.807) is 18.2 Å². The van der Waals surface area contributed by atoms with Crippen LogP contribution in [0.25, 0.3) is 11.3 Å². The average Bonchev–Trinajstić information content (AvgIpc) is 3.25. The molecule has 1 aliphatic heterocycles. The summed E-state index contributed by atoms with van der Waals surface area (Å²) < 4.78 is 19.6. The first-order valence-corrected chi connectivity index (χ1v) is 8.36. The number of nitrogens with zero attached hydrogens (tertiary/aromatic N) is 1. The summed E-state index contributed by atoms with van der Waals surface area (Å²) >= 11 is 0. The van der Waals surface area contributed by atoms with E-state index >= 15 is 0 Å². The molecule has 0 saturated carbocycles. The number of carbonyl (C=O) groups excluding carboxylic acids is 1. The fourth-order valence-corrected chi connectivity index (χ4v) is 3.01. The van der Waals surface area contributed by atoms with Crippen molar-refractivity contribution in [2.45, 2.75) is 44.8 Å². The smallest absolute Gasteiger partial charge is 0.255 e. The van der Waals surface area contributed by atoms with E-state index in [1.165, 1.54) is 12.3 Å².